The number of rotatable bonds is 2. The third-order valence-electron chi connectivity index (χ3n) is 4.27. The Hall–Kier alpha value is -1.48. The van der Waals surface area contributed by atoms with E-state index in [1.54, 1.807) is 7.11 Å². The fourth-order valence-corrected chi connectivity index (χ4v) is 3.25. The predicted octanol–water partition coefficient (Wildman–Crippen LogP) is 3.21. The van der Waals surface area contributed by atoms with E-state index in [2.05, 4.69) is 18.0 Å². The third-order valence-corrected chi connectivity index (χ3v) is 4.27. The Balaban J connectivity index is 2.22. The normalized spacial score (nSPS) is 18.4. The highest BCUT2D eigenvalue weighted by molar-refractivity contribution is 5.89. The van der Waals surface area contributed by atoms with E-state index in [1.165, 1.54) is 29.5 Å². The first-order valence-corrected chi connectivity index (χ1v) is 6.60. The molecule has 0 atom stereocenters. The summed E-state index contributed by atoms with van der Waals surface area (Å²) in [7, 11) is 1.71. The number of hydrogen-bond acceptors (Lipinski definition) is 2. The Kier molecular flexibility index (Phi) is 2.59. The van der Waals surface area contributed by atoms with Crippen LogP contribution in [0.25, 0.3) is 10.9 Å². The zero-order valence-electron chi connectivity index (χ0n) is 11.0. The quantitative estimate of drug-likeness (QED) is 0.852. The summed E-state index contributed by atoms with van der Waals surface area (Å²) in [5, 5.41) is 1.22. The molecule has 1 aromatic heterocycles. The van der Waals surface area contributed by atoms with E-state index in [9.17, 15) is 0 Å². The van der Waals surface area contributed by atoms with E-state index < -0.39 is 0 Å². The van der Waals surface area contributed by atoms with Crippen molar-refractivity contribution < 1.29 is 4.74 Å². The number of para-hydroxylation sites is 1. The highest BCUT2D eigenvalue weighted by atomic mass is 16.5. The van der Waals surface area contributed by atoms with Crippen molar-refractivity contribution in [1.82, 2.24) is 4.98 Å². The molecular formula is C15H20N2O. The van der Waals surface area contributed by atoms with Crippen LogP contribution in [0.3, 0.4) is 0 Å². The van der Waals surface area contributed by atoms with Gasteiger partial charge >= 0.3 is 0 Å². The fourth-order valence-electron chi connectivity index (χ4n) is 3.25. The lowest BCUT2D eigenvalue weighted by molar-refractivity contribution is 0.418. The molecule has 0 radical (unpaired) electrons. The van der Waals surface area contributed by atoms with Gasteiger partial charge in [0.2, 0.25) is 0 Å². The molecule has 0 unspecified atom stereocenters. The van der Waals surface area contributed by atoms with Crippen molar-refractivity contribution in [3.05, 3.63) is 29.5 Å². The fraction of sp³-hybridized carbons (Fsp3) is 0.467. The number of aryl methyl sites for hydroxylation is 1. The van der Waals surface area contributed by atoms with Gasteiger partial charge in [0.05, 0.1) is 18.2 Å². The van der Waals surface area contributed by atoms with Crippen LogP contribution in [-0.4, -0.2) is 12.1 Å². The first-order chi connectivity index (χ1) is 8.65. The number of aromatic nitrogens is 1. The monoisotopic (exact) mass is 244 g/mol. The molecule has 3 heteroatoms. The lowest BCUT2D eigenvalue weighted by atomic mass is 9.92. The second kappa shape index (κ2) is 4.02. The Morgan fingerprint density at radius 2 is 2.00 bits per heavy atom. The van der Waals surface area contributed by atoms with Crippen molar-refractivity contribution in [3.8, 4) is 5.75 Å². The van der Waals surface area contributed by atoms with Gasteiger partial charge in [-0.05, 0) is 31.4 Å². The van der Waals surface area contributed by atoms with Crippen LogP contribution in [0.1, 0.15) is 36.9 Å². The Bertz CT molecular complexity index is 579. The Morgan fingerprint density at radius 3 is 2.67 bits per heavy atom. The SMILES string of the molecule is COc1cccc2c(C)c(C3(N)CCCC3)[nH]c12. The second-order valence-corrected chi connectivity index (χ2v) is 5.37. The van der Waals surface area contributed by atoms with Gasteiger partial charge in [0.25, 0.3) is 0 Å². The molecule has 1 aromatic carbocycles. The largest absolute Gasteiger partial charge is 0.495 e. The highest BCUT2D eigenvalue weighted by Gasteiger charge is 2.34. The zero-order chi connectivity index (χ0) is 12.8. The van der Waals surface area contributed by atoms with Gasteiger partial charge in [0.1, 0.15) is 5.75 Å². The summed E-state index contributed by atoms with van der Waals surface area (Å²) >= 11 is 0. The van der Waals surface area contributed by atoms with Crippen LogP contribution >= 0.6 is 0 Å². The van der Waals surface area contributed by atoms with E-state index in [0.717, 1.165) is 24.1 Å². The molecule has 3 rings (SSSR count). The number of aromatic amines is 1. The third kappa shape index (κ3) is 1.54. The number of methoxy groups -OCH3 is 1. The molecule has 0 saturated heterocycles. The summed E-state index contributed by atoms with van der Waals surface area (Å²) in [5.74, 6) is 0.892. The van der Waals surface area contributed by atoms with Crippen molar-refractivity contribution in [2.24, 2.45) is 5.73 Å². The zero-order valence-corrected chi connectivity index (χ0v) is 11.0. The maximum Gasteiger partial charge on any atom is 0.142 e. The van der Waals surface area contributed by atoms with Gasteiger partial charge in [-0.2, -0.15) is 0 Å². The molecule has 96 valence electrons. The van der Waals surface area contributed by atoms with Gasteiger partial charge < -0.3 is 15.5 Å². The number of nitrogens with one attached hydrogen (secondary N) is 1. The average Bonchev–Trinajstić information content (AvgIpc) is 2.95. The van der Waals surface area contributed by atoms with Gasteiger partial charge in [0, 0.05) is 11.1 Å². The van der Waals surface area contributed by atoms with Gasteiger partial charge in [-0.1, -0.05) is 25.0 Å². The van der Waals surface area contributed by atoms with E-state index >= 15 is 0 Å². The molecule has 0 spiro atoms. The van der Waals surface area contributed by atoms with Crippen LogP contribution in [-0.2, 0) is 5.54 Å². The number of fused-ring (bicyclic) bond motifs is 1. The van der Waals surface area contributed by atoms with Crippen LogP contribution in [0, 0.1) is 6.92 Å². The molecule has 18 heavy (non-hydrogen) atoms. The molecule has 1 heterocycles. The lowest BCUT2D eigenvalue weighted by Gasteiger charge is -2.23. The molecule has 0 aliphatic heterocycles. The number of ether oxygens (including phenoxy) is 1. The Morgan fingerprint density at radius 1 is 1.28 bits per heavy atom. The number of H-pyrrole nitrogens is 1. The summed E-state index contributed by atoms with van der Waals surface area (Å²) in [6.45, 7) is 2.15. The minimum Gasteiger partial charge on any atom is -0.495 e. The van der Waals surface area contributed by atoms with Crippen LogP contribution in [0.4, 0.5) is 0 Å². The van der Waals surface area contributed by atoms with E-state index in [-0.39, 0.29) is 5.54 Å². The van der Waals surface area contributed by atoms with Crippen molar-refractivity contribution >= 4 is 10.9 Å². The summed E-state index contributed by atoms with van der Waals surface area (Å²) in [6, 6.07) is 6.15. The standard InChI is InChI=1S/C15H20N2O/c1-10-11-6-5-7-12(18-2)13(11)17-14(10)15(16)8-3-4-9-15/h5-7,17H,3-4,8-9,16H2,1-2H3. The molecule has 0 bridgehead atoms. The molecule has 1 saturated carbocycles. The topological polar surface area (TPSA) is 51.0 Å². The molecule has 0 amide bonds. The van der Waals surface area contributed by atoms with Crippen LogP contribution in [0.5, 0.6) is 5.75 Å². The summed E-state index contributed by atoms with van der Waals surface area (Å²) < 4.78 is 5.42. The van der Waals surface area contributed by atoms with Crippen molar-refractivity contribution in [2.75, 3.05) is 7.11 Å². The van der Waals surface area contributed by atoms with Gasteiger partial charge in [0.15, 0.2) is 0 Å². The summed E-state index contributed by atoms with van der Waals surface area (Å²) in [5.41, 5.74) is 9.93. The van der Waals surface area contributed by atoms with E-state index in [0.29, 0.717) is 0 Å². The number of hydrogen-bond donors (Lipinski definition) is 2. The first kappa shape index (κ1) is 11.6. The summed E-state index contributed by atoms with van der Waals surface area (Å²) in [6.07, 6.45) is 4.59. The van der Waals surface area contributed by atoms with Gasteiger partial charge in [-0.25, -0.2) is 0 Å². The molecule has 3 nitrogen and oxygen atoms in total. The van der Waals surface area contributed by atoms with Crippen LogP contribution < -0.4 is 10.5 Å². The van der Waals surface area contributed by atoms with E-state index in [1.807, 2.05) is 12.1 Å². The van der Waals surface area contributed by atoms with Crippen molar-refractivity contribution in [2.45, 2.75) is 38.1 Å². The molecule has 1 fully saturated rings. The number of nitrogens with two attached hydrogens (primary N) is 1. The minimum atomic E-state index is -0.173. The smallest absolute Gasteiger partial charge is 0.142 e. The molecule has 1 aliphatic carbocycles. The Labute approximate surface area is 107 Å². The highest BCUT2D eigenvalue weighted by Crippen LogP contribution is 2.40. The van der Waals surface area contributed by atoms with Crippen molar-refractivity contribution in [1.29, 1.82) is 0 Å². The second-order valence-electron chi connectivity index (χ2n) is 5.37. The first-order valence-electron chi connectivity index (χ1n) is 6.60. The molecular weight excluding hydrogens is 224 g/mol. The average molecular weight is 244 g/mol. The lowest BCUT2D eigenvalue weighted by Crippen LogP contribution is -2.34. The minimum absolute atomic E-state index is 0.173. The van der Waals surface area contributed by atoms with E-state index in [4.69, 9.17) is 10.5 Å². The predicted molar refractivity (Wildman–Crippen MR) is 73.9 cm³/mol. The molecule has 2 aromatic rings. The maximum atomic E-state index is 6.56. The molecule has 1 aliphatic rings. The number of benzene rings is 1. The van der Waals surface area contributed by atoms with Crippen molar-refractivity contribution in [3.63, 3.8) is 0 Å². The van der Waals surface area contributed by atoms with Gasteiger partial charge in [-0.3, -0.25) is 0 Å². The van der Waals surface area contributed by atoms with Crippen LogP contribution in [0.15, 0.2) is 18.2 Å². The van der Waals surface area contributed by atoms with Crippen LogP contribution in [0.2, 0.25) is 0 Å². The summed E-state index contributed by atoms with van der Waals surface area (Å²) in [4.78, 5) is 3.52. The van der Waals surface area contributed by atoms with Gasteiger partial charge in [-0.15, -0.1) is 0 Å². The molecule has 3 N–H and O–H groups in total. The maximum absolute atomic E-state index is 6.56.